The van der Waals surface area contributed by atoms with Gasteiger partial charge < -0.3 is 19.5 Å². The van der Waals surface area contributed by atoms with Crippen molar-refractivity contribution in [3.63, 3.8) is 0 Å². The number of rotatable bonds is 7. The molecule has 0 spiro atoms. The highest BCUT2D eigenvalue weighted by Gasteiger charge is 2.58. The number of carbonyl (C=O) groups excluding carboxylic acids is 3. The van der Waals surface area contributed by atoms with Crippen molar-refractivity contribution in [1.29, 1.82) is 0 Å². The Kier molecular flexibility index (Phi) is 6.73. The van der Waals surface area contributed by atoms with E-state index in [0.29, 0.717) is 0 Å². The highest BCUT2D eigenvalue weighted by molar-refractivity contribution is 5.92. The van der Waals surface area contributed by atoms with Crippen molar-refractivity contribution in [2.45, 2.75) is 65.4 Å². The van der Waals surface area contributed by atoms with E-state index in [2.05, 4.69) is 0 Å². The van der Waals surface area contributed by atoms with E-state index >= 15 is 0 Å². The van der Waals surface area contributed by atoms with Crippen LogP contribution in [0.2, 0.25) is 0 Å². The first-order valence-corrected chi connectivity index (χ1v) is 9.76. The Hall–Kier alpha value is -2.41. The number of hydrogen-bond acceptors (Lipinski definition) is 6. The molecule has 1 aromatic rings. The van der Waals surface area contributed by atoms with Gasteiger partial charge in [0.25, 0.3) is 0 Å². The Morgan fingerprint density at radius 3 is 2.24 bits per heavy atom. The molecule has 29 heavy (non-hydrogen) atoms. The number of likely N-dealkylation sites (tertiary alicyclic amines) is 1. The lowest BCUT2D eigenvalue weighted by Crippen LogP contribution is -2.71. The fourth-order valence-corrected chi connectivity index (χ4v) is 3.54. The monoisotopic (exact) mass is 405 g/mol. The summed E-state index contributed by atoms with van der Waals surface area (Å²) in [6.07, 6.45) is 0. The molecule has 1 aromatic carbocycles. The summed E-state index contributed by atoms with van der Waals surface area (Å²) >= 11 is 0. The van der Waals surface area contributed by atoms with Crippen molar-refractivity contribution < 1.29 is 29.0 Å². The van der Waals surface area contributed by atoms with Crippen molar-refractivity contribution in [1.82, 2.24) is 4.90 Å². The van der Waals surface area contributed by atoms with Crippen LogP contribution in [-0.2, 0) is 30.5 Å². The number of amides is 1. The number of β-lactam (4-membered cyclic amide) rings is 1. The van der Waals surface area contributed by atoms with Crippen molar-refractivity contribution in [2.75, 3.05) is 6.54 Å². The molecule has 1 heterocycles. The van der Waals surface area contributed by atoms with Gasteiger partial charge in [-0.3, -0.25) is 14.4 Å². The van der Waals surface area contributed by atoms with Crippen LogP contribution in [0.5, 0.6) is 0 Å². The molecule has 3 atom stereocenters. The molecule has 1 saturated heterocycles. The Labute approximate surface area is 172 Å². The van der Waals surface area contributed by atoms with Crippen LogP contribution in [0.1, 0.15) is 47.1 Å². The van der Waals surface area contributed by atoms with Gasteiger partial charge in [-0.25, -0.2) is 0 Å². The number of aliphatic hydroxyl groups is 1. The summed E-state index contributed by atoms with van der Waals surface area (Å²) in [6, 6.07) is 8.61. The lowest BCUT2D eigenvalue weighted by Gasteiger charge is -2.52. The van der Waals surface area contributed by atoms with Crippen LogP contribution in [0.4, 0.5) is 0 Å². The summed E-state index contributed by atoms with van der Waals surface area (Å²) in [6.45, 7) is 9.75. The molecule has 0 unspecified atom stereocenters. The summed E-state index contributed by atoms with van der Waals surface area (Å²) in [7, 11) is 0. The van der Waals surface area contributed by atoms with Gasteiger partial charge in [0.15, 0.2) is 0 Å². The van der Waals surface area contributed by atoms with Gasteiger partial charge in [0.1, 0.15) is 18.8 Å². The predicted octanol–water partition coefficient (Wildman–Crippen LogP) is 2.31. The van der Waals surface area contributed by atoms with Crippen LogP contribution < -0.4 is 0 Å². The number of esters is 2. The third-order valence-corrected chi connectivity index (χ3v) is 4.84. The molecule has 160 valence electrons. The van der Waals surface area contributed by atoms with Crippen LogP contribution in [0.15, 0.2) is 30.3 Å². The lowest BCUT2D eigenvalue weighted by atomic mass is 9.71. The molecule has 7 heteroatoms. The molecule has 0 aromatic heterocycles. The zero-order chi connectivity index (χ0) is 22.0. The summed E-state index contributed by atoms with van der Waals surface area (Å²) in [5.74, 6) is -2.94. The Morgan fingerprint density at radius 2 is 1.72 bits per heavy atom. The molecule has 2 rings (SSSR count). The Morgan fingerprint density at radius 1 is 1.14 bits per heavy atom. The van der Waals surface area contributed by atoms with Crippen LogP contribution in [0, 0.1) is 11.8 Å². The molecule has 0 aliphatic carbocycles. The highest BCUT2D eigenvalue weighted by Crippen LogP contribution is 2.39. The first-order valence-electron chi connectivity index (χ1n) is 9.76. The number of nitrogens with zero attached hydrogens (tertiary/aromatic N) is 1. The van der Waals surface area contributed by atoms with Crippen molar-refractivity contribution >= 4 is 17.8 Å². The van der Waals surface area contributed by atoms with Crippen molar-refractivity contribution in [3.05, 3.63) is 35.9 Å². The van der Waals surface area contributed by atoms with E-state index in [9.17, 15) is 19.5 Å². The third kappa shape index (κ3) is 5.79. The second-order valence-corrected chi connectivity index (χ2v) is 9.06. The van der Waals surface area contributed by atoms with E-state index in [1.54, 1.807) is 27.7 Å². The Balaban J connectivity index is 2.11. The normalized spacial score (nSPS) is 20.7. The smallest absolute Gasteiger partial charge is 0.326 e. The summed E-state index contributed by atoms with van der Waals surface area (Å²) in [5.41, 5.74) is -1.17. The van der Waals surface area contributed by atoms with Gasteiger partial charge in [0.05, 0.1) is 23.5 Å². The first kappa shape index (κ1) is 22.9. The molecule has 7 nitrogen and oxygen atoms in total. The zero-order valence-corrected chi connectivity index (χ0v) is 18.0. The number of hydrogen-bond donors (Lipinski definition) is 1. The third-order valence-electron chi connectivity index (χ3n) is 4.84. The molecule has 1 amide bonds. The maximum atomic E-state index is 12.6. The minimum atomic E-state index is -1.33. The van der Waals surface area contributed by atoms with Gasteiger partial charge >= 0.3 is 11.9 Å². The molecule has 0 radical (unpaired) electrons. The second kappa shape index (κ2) is 8.53. The average molecular weight is 405 g/mol. The van der Waals surface area contributed by atoms with Crippen LogP contribution in [0.3, 0.4) is 0 Å². The summed E-state index contributed by atoms with van der Waals surface area (Å²) in [5, 5.41) is 10.4. The van der Waals surface area contributed by atoms with Crippen molar-refractivity contribution in [2.24, 2.45) is 11.8 Å². The first-order chi connectivity index (χ1) is 13.3. The van der Waals surface area contributed by atoms with E-state index in [4.69, 9.17) is 9.47 Å². The highest BCUT2D eigenvalue weighted by atomic mass is 16.6. The number of ether oxygens (including phenoxy) is 2. The number of benzene rings is 1. The largest absolute Gasteiger partial charge is 0.461 e. The van der Waals surface area contributed by atoms with Gasteiger partial charge in [-0.2, -0.15) is 0 Å². The summed E-state index contributed by atoms with van der Waals surface area (Å²) in [4.78, 5) is 38.8. The van der Waals surface area contributed by atoms with E-state index in [1.165, 1.54) is 18.7 Å². The maximum absolute atomic E-state index is 12.6. The minimum Gasteiger partial charge on any atom is -0.461 e. The molecular weight excluding hydrogens is 374 g/mol. The average Bonchev–Trinajstić information content (AvgIpc) is 2.59. The van der Waals surface area contributed by atoms with Gasteiger partial charge in [-0.05, 0) is 47.1 Å². The van der Waals surface area contributed by atoms with Crippen LogP contribution in [-0.4, -0.2) is 51.6 Å². The van der Waals surface area contributed by atoms with Crippen LogP contribution >= 0.6 is 0 Å². The van der Waals surface area contributed by atoms with E-state index < -0.39 is 41.0 Å². The lowest BCUT2D eigenvalue weighted by molar-refractivity contribution is -0.189. The molecule has 0 saturated carbocycles. The second-order valence-electron chi connectivity index (χ2n) is 9.06. The van der Waals surface area contributed by atoms with Gasteiger partial charge in [0, 0.05) is 0 Å². The quantitative estimate of drug-likeness (QED) is 0.553. The minimum absolute atomic E-state index is 0.115. The van der Waals surface area contributed by atoms with Crippen LogP contribution in [0.25, 0.3) is 0 Å². The SMILES string of the molecule is C[C@@H](C(=O)OCc1ccccc1)[C@@H]1[C@@H](C(C)(C)O)C(=O)N1CC(=O)OC(C)(C)C. The fourth-order valence-electron chi connectivity index (χ4n) is 3.54. The molecule has 0 bridgehead atoms. The molecule has 1 N–H and O–H groups in total. The van der Waals surface area contributed by atoms with Gasteiger partial charge in [-0.1, -0.05) is 30.3 Å². The molecular formula is C22H31NO6. The molecule has 1 aliphatic heterocycles. The Bertz CT molecular complexity index is 747. The molecule has 1 fully saturated rings. The van der Waals surface area contributed by atoms with E-state index in [0.717, 1.165) is 5.56 Å². The van der Waals surface area contributed by atoms with Gasteiger partial charge in [0.2, 0.25) is 5.91 Å². The zero-order valence-electron chi connectivity index (χ0n) is 18.0. The summed E-state index contributed by atoms with van der Waals surface area (Å²) < 4.78 is 10.7. The topological polar surface area (TPSA) is 93.1 Å². The van der Waals surface area contributed by atoms with Gasteiger partial charge in [-0.15, -0.1) is 0 Å². The standard InChI is InChI=1S/C22H31NO6/c1-14(20(26)28-13-15-10-8-7-9-11-15)18-17(22(5,6)27)19(25)23(18)12-16(24)29-21(2,3)4/h7-11,14,17-18,27H,12-13H2,1-6H3/t14-,17-,18-/m1/s1. The maximum Gasteiger partial charge on any atom is 0.326 e. The van der Waals surface area contributed by atoms with Crippen molar-refractivity contribution in [3.8, 4) is 0 Å². The number of carbonyl (C=O) groups is 3. The van der Waals surface area contributed by atoms with E-state index in [-0.39, 0.29) is 19.1 Å². The molecule has 1 aliphatic rings. The van der Waals surface area contributed by atoms with E-state index in [1.807, 2.05) is 30.3 Å². The predicted molar refractivity (Wildman–Crippen MR) is 107 cm³/mol. The fraction of sp³-hybridized carbons (Fsp3) is 0.591.